The predicted molar refractivity (Wildman–Crippen MR) is 76.4 cm³/mol. The van der Waals surface area contributed by atoms with Gasteiger partial charge in [-0.25, -0.2) is 5.84 Å². The number of benzene rings is 1. The highest BCUT2D eigenvalue weighted by molar-refractivity contribution is 5.80. The second-order valence-electron chi connectivity index (χ2n) is 4.52. The molecule has 0 bridgehead atoms. The summed E-state index contributed by atoms with van der Waals surface area (Å²) in [4.78, 5) is 6.66. The van der Waals surface area contributed by atoms with Gasteiger partial charge in [-0.15, -0.1) is 0 Å². The minimum Gasteiger partial charge on any atom is -0.382 e. The van der Waals surface area contributed by atoms with Gasteiger partial charge < -0.3 is 9.64 Å². The fourth-order valence-corrected chi connectivity index (χ4v) is 2.22. The Morgan fingerprint density at radius 2 is 2.05 bits per heavy atom. The van der Waals surface area contributed by atoms with Crippen molar-refractivity contribution in [3.8, 4) is 0 Å². The number of guanidine groups is 1. The standard InChI is InChI=1S/C14H22N4O/c1-2-19-9-5-8-16-14(17-15)18-10-12-6-3-4-7-13(12)11-18/h3-4,6-7H,2,5,8-11,15H2,1H3,(H,16,17). The molecule has 0 radical (unpaired) electrons. The molecule has 0 aliphatic carbocycles. The first-order valence-corrected chi connectivity index (χ1v) is 6.75. The fourth-order valence-electron chi connectivity index (χ4n) is 2.22. The van der Waals surface area contributed by atoms with E-state index in [0.29, 0.717) is 0 Å². The van der Waals surface area contributed by atoms with E-state index in [2.05, 4.69) is 39.6 Å². The molecule has 1 aromatic carbocycles. The van der Waals surface area contributed by atoms with Gasteiger partial charge >= 0.3 is 0 Å². The Balaban J connectivity index is 1.88. The number of aliphatic imine (C=N–C) groups is 1. The highest BCUT2D eigenvalue weighted by Gasteiger charge is 2.20. The van der Waals surface area contributed by atoms with Crippen LogP contribution in [0.5, 0.6) is 0 Å². The van der Waals surface area contributed by atoms with Crippen molar-refractivity contribution in [2.24, 2.45) is 10.8 Å². The number of nitrogens with zero attached hydrogens (tertiary/aromatic N) is 2. The molecule has 3 N–H and O–H groups in total. The molecule has 5 heteroatoms. The smallest absolute Gasteiger partial charge is 0.209 e. The zero-order chi connectivity index (χ0) is 13.5. The zero-order valence-electron chi connectivity index (χ0n) is 11.4. The van der Waals surface area contributed by atoms with Crippen LogP contribution >= 0.6 is 0 Å². The maximum Gasteiger partial charge on any atom is 0.209 e. The normalized spacial score (nSPS) is 14.6. The lowest BCUT2D eigenvalue weighted by molar-refractivity contribution is 0.146. The highest BCUT2D eigenvalue weighted by Crippen LogP contribution is 2.21. The van der Waals surface area contributed by atoms with Crippen LogP contribution in [0, 0.1) is 0 Å². The van der Waals surface area contributed by atoms with Crippen LogP contribution in [-0.4, -0.2) is 30.6 Å². The predicted octanol–water partition coefficient (Wildman–Crippen LogP) is 1.25. The monoisotopic (exact) mass is 262 g/mol. The molecule has 0 fully saturated rings. The molecular weight excluding hydrogens is 240 g/mol. The molecule has 1 aliphatic heterocycles. The Morgan fingerprint density at radius 1 is 1.37 bits per heavy atom. The molecule has 0 saturated heterocycles. The van der Waals surface area contributed by atoms with E-state index in [1.54, 1.807) is 0 Å². The van der Waals surface area contributed by atoms with Gasteiger partial charge in [0.05, 0.1) is 0 Å². The highest BCUT2D eigenvalue weighted by atomic mass is 16.5. The van der Waals surface area contributed by atoms with Gasteiger partial charge in [0.2, 0.25) is 5.96 Å². The van der Waals surface area contributed by atoms with Gasteiger partial charge in [0.1, 0.15) is 0 Å². The summed E-state index contributed by atoms with van der Waals surface area (Å²) < 4.78 is 5.29. The molecule has 5 nitrogen and oxygen atoms in total. The molecule has 1 aliphatic rings. The molecule has 0 saturated carbocycles. The molecule has 0 unspecified atom stereocenters. The van der Waals surface area contributed by atoms with Crippen LogP contribution in [0.3, 0.4) is 0 Å². The Bertz CT molecular complexity index is 408. The summed E-state index contributed by atoms with van der Waals surface area (Å²) >= 11 is 0. The lowest BCUT2D eigenvalue weighted by Crippen LogP contribution is -2.42. The fraction of sp³-hybridized carbons (Fsp3) is 0.500. The number of ether oxygens (including phenoxy) is 1. The third-order valence-corrected chi connectivity index (χ3v) is 3.18. The Labute approximate surface area is 114 Å². The lowest BCUT2D eigenvalue weighted by Gasteiger charge is -2.19. The van der Waals surface area contributed by atoms with Gasteiger partial charge in [0.15, 0.2) is 0 Å². The van der Waals surface area contributed by atoms with Gasteiger partial charge in [0, 0.05) is 32.8 Å². The average Bonchev–Trinajstić information content (AvgIpc) is 2.86. The molecule has 0 atom stereocenters. The Hall–Kier alpha value is -1.59. The Morgan fingerprint density at radius 3 is 2.63 bits per heavy atom. The van der Waals surface area contributed by atoms with E-state index in [1.807, 2.05) is 6.92 Å². The first-order chi connectivity index (χ1) is 9.35. The van der Waals surface area contributed by atoms with Crippen molar-refractivity contribution >= 4 is 5.96 Å². The van der Waals surface area contributed by atoms with Crippen molar-refractivity contribution in [1.82, 2.24) is 10.3 Å². The maximum atomic E-state index is 5.57. The van der Waals surface area contributed by atoms with E-state index in [4.69, 9.17) is 10.6 Å². The maximum absolute atomic E-state index is 5.57. The molecule has 0 aromatic heterocycles. The minimum absolute atomic E-state index is 0.729. The summed E-state index contributed by atoms with van der Waals surface area (Å²) in [5.74, 6) is 6.33. The van der Waals surface area contributed by atoms with E-state index in [-0.39, 0.29) is 0 Å². The van der Waals surface area contributed by atoms with Crippen molar-refractivity contribution in [1.29, 1.82) is 0 Å². The van der Waals surface area contributed by atoms with E-state index < -0.39 is 0 Å². The number of nitrogens with two attached hydrogens (primary N) is 1. The molecule has 1 aromatic rings. The summed E-state index contributed by atoms with van der Waals surface area (Å²) in [5, 5.41) is 0. The minimum atomic E-state index is 0.729. The van der Waals surface area contributed by atoms with Crippen molar-refractivity contribution in [2.45, 2.75) is 26.4 Å². The van der Waals surface area contributed by atoms with E-state index in [9.17, 15) is 0 Å². The van der Waals surface area contributed by atoms with Crippen LogP contribution in [0.1, 0.15) is 24.5 Å². The molecular formula is C14H22N4O. The quantitative estimate of drug-likeness (QED) is 0.276. The molecule has 2 rings (SSSR count). The van der Waals surface area contributed by atoms with Crippen LogP contribution in [0.15, 0.2) is 29.3 Å². The van der Waals surface area contributed by atoms with E-state index >= 15 is 0 Å². The number of fused-ring (bicyclic) bond motifs is 1. The molecule has 19 heavy (non-hydrogen) atoms. The van der Waals surface area contributed by atoms with Gasteiger partial charge in [-0.05, 0) is 24.5 Å². The van der Waals surface area contributed by atoms with Gasteiger partial charge in [-0.1, -0.05) is 24.3 Å². The van der Waals surface area contributed by atoms with Crippen LogP contribution in [0.4, 0.5) is 0 Å². The second-order valence-corrected chi connectivity index (χ2v) is 4.52. The van der Waals surface area contributed by atoms with Crippen molar-refractivity contribution in [3.63, 3.8) is 0 Å². The number of hydrogen-bond donors (Lipinski definition) is 2. The third-order valence-electron chi connectivity index (χ3n) is 3.18. The summed E-state index contributed by atoms with van der Waals surface area (Å²) in [6.07, 6.45) is 0.916. The van der Waals surface area contributed by atoms with Gasteiger partial charge in [-0.2, -0.15) is 0 Å². The number of nitrogens with one attached hydrogen (secondary N) is 1. The Kier molecular flexibility index (Phi) is 5.18. The second kappa shape index (κ2) is 7.11. The van der Waals surface area contributed by atoms with E-state index in [1.165, 1.54) is 11.1 Å². The van der Waals surface area contributed by atoms with Crippen LogP contribution in [0.25, 0.3) is 0 Å². The summed E-state index contributed by atoms with van der Waals surface area (Å²) in [6, 6.07) is 8.44. The van der Waals surface area contributed by atoms with Gasteiger partial charge in [0.25, 0.3) is 0 Å². The molecule has 1 heterocycles. The number of hydrogen-bond acceptors (Lipinski definition) is 3. The lowest BCUT2D eigenvalue weighted by atomic mass is 10.1. The molecule has 0 spiro atoms. The summed E-state index contributed by atoms with van der Waals surface area (Å²) in [5.41, 5.74) is 5.40. The number of hydrazine groups is 1. The summed E-state index contributed by atoms with van der Waals surface area (Å²) in [7, 11) is 0. The van der Waals surface area contributed by atoms with Crippen molar-refractivity contribution < 1.29 is 4.74 Å². The van der Waals surface area contributed by atoms with Crippen molar-refractivity contribution in [2.75, 3.05) is 19.8 Å². The van der Waals surface area contributed by atoms with Crippen LogP contribution < -0.4 is 11.3 Å². The first-order valence-electron chi connectivity index (χ1n) is 6.75. The SMILES string of the molecule is CCOCCCN=C(NN)N1Cc2ccccc2C1. The van der Waals surface area contributed by atoms with Gasteiger partial charge in [-0.3, -0.25) is 10.4 Å². The molecule has 104 valence electrons. The summed E-state index contributed by atoms with van der Waals surface area (Å²) in [6.45, 7) is 5.96. The largest absolute Gasteiger partial charge is 0.382 e. The van der Waals surface area contributed by atoms with E-state index in [0.717, 1.165) is 45.2 Å². The number of rotatable bonds is 5. The third kappa shape index (κ3) is 3.68. The van der Waals surface area contributed by atoms with Crippen LogP contribution in [0.2, 0.25) is 0 Å². The topological polar surface area (TPSA) is 62.9 Å². The average molecular weight is 262 g/mol. The van der Waals surface area contributed by atoms with Crippen molar-refractivity contribution in [3.05, 3.63) is 35.4 Å². The molecule has 0 amide bonds. The van der Waals surface area contributed by atoms with Crippen LogP contribution in [-0.2, 0) is 17.8 Å². The zero-order valence-corrected chi connectivity index (χ0v) is 11.4. The first kappa shape index (κ1) is 13.8.